The van der Waals surface area contributed by atoms with Gasteiger partial charge in [0.1, 0.15) is 0 Å². The van der Waals surface area contributed by atoms with Crippen LogP contribution in [0.25, 0.3) is 0 Å². The third kappa shape index (κ3) is 2.71. The minimum Gasteiger partial charge on any atom is -0.352 e. The maximum absolute atomic E-state index is 11.7. The highest BCUT2D eigenvalue weighted by atomic mass is 16.2. The van der Waals surface area contributed by atoms with Crippen molar-refractivity contribution < 1.29 is 4.79 Å². The van der Waals surface area contributed by atoms with Crippen molar-refractivity contribution >= 4 is 5.91 Å². The molecule has 86 valence electrons. The summed E-state index contributed by atoms with van der Waals surface area (Å²) in [4.78, 5) is 11.7. The first-order valence-electron chi connectivity index (χ1n) is 6.31. The molecule has 3 heteroatoms. The Morgan fingerprint density at radius 1 is 1.27 bits per heavy atom. The van der Waals surface area contributed by atoms with Gasteiger partial charge in [0.25, 0.3) is 0 Å². The fourth-order valence-electron chi connectivity index (χ4n) is 2.59. The fraction of sp³-hybridized carbons (Fsp3) is 0.917. The minimum atomic E-state index is 0.0936. The van der Waals surface area contributed by atoms with E-state index in [0.717, 1.165) is 13.0 Å². The number of hydrogen-bond acceptors (Lipinski definition) is 2. The molecule has 0 aromatic heterocycles. The lowest BCUT2D eigenvalue weighted by atomic mass is 9.84. The summed E-state index contributed by atoms with van der Waals surface area (Å²) in [5, 5.41) is 6.29. The molecule has 0 bridgehead atoms. The Morgan fingerprint density at radius 3 is 2.47 bits per heavy atom. The molecule has 0 spiro atoms. The normalized spacial score (nSPS) is 29.3. The Morgan fingerprint density at radius 2 is 1.93 bits per heavy atom. The highest BCUT2D eigenvalue weighted by Crippen LogP contribution is 2.26. The van der Waals surface area contributed by atoms with Crippen molar-refractivity contribution in [1.29, 1.82) is 0 Å². The fourth-order valence-corrected chi connectivity index (χ4v) is 2.59. The second kappa shape index (κ2) is 4.97. The number of carbonyl (C=O) groups excluding carboxylic acids is 1. The van der Waals surface area contributed by atoms with Crippen molar-refractivity contribution in [3.05, 3.63) is 0 Å². The molecule has 2 atom stereocenters. The van der Waals surface area contributed by atoms with Crippen LogP contribution in [0.15, 0.2) is 0 Å². The van der Waals surface area contributed by atoms with E-state index in [1.54, 1.807) is 0 Å². The van der Waals surface area contributed by atoms with Gasteiger partial charge in [-0.15, -0.1) is 0 Å². The van der Waals surface area contributed by atoms with Gasteiger partial charge in [-0.2, -0.15) is 0 Å². The van der Waals surface area contributed by atoms with E-state index >= 15 is 0 Å². The molecule has 15 heavy (non-hydrogen) atoms. The molecule has 1 aliphatic carbocycles. The van der Waals surface area contributed by atoms with Crippen LogP contribution in [0.5, 0.6) is 0 Å². The van der Waals surface area contributed by atoms with Crippen LogP contribution < -0.4 is 10.6 Å². The second-order valence-electron chi connectivity index (χ2n) is 4.99. The summed E-state index contributed by atoms with van der Waals surface area (Å²) in [6.45, 7) is 3.16. The van der Waals surface area contributed by atoms with Crippen molar-refractivity contribution in [1.82, 2.24) is 10.6 Å². The van der Waals surface area contributed by atoms with E-state index in [4.69, 9.17) is 0 Å². The summed E-state index contributed by atoms with van der Waals surface area (Å²) in [5.74, 6) is 0.919. The number of carbonyl (C=O) groups is 1. The average Bonchev–Trinajstić information content (AvgIpc) is 2.16. The lowest BCUT2D eigenvalue weighted by Crippen LogP contribution is -2.55. The standard InChI is InChI=1S/C12H22N2O/c1-9(10-5-3-2-4-6-10)14-12(15)11-7-8-13-11/h9-11,13H,2-8H2,1H3,(H,14,15)/t9?,11-/m1/s1. The van der Waals surface area contributed by atoms with E-state index in [0.29, 0.717) is 12.0 Å². The Hall–Kier alpha value is -0.570. The van der Waals surface area contributed by atoms with Gasteiger partial charge < -0.3 is 10.6 Å². The smallest absolute Gasteiger partial charge is 0.237 e. The maximum atomic E-state index is 11.7. The molecule has 2 rings (SSSR count). The lowest BCUT2D eigenvalue weighted by molar-refractivity contribution is -0.125. The second-order valence-corrected chi connectivity index (χ2v) is 4.99. The molecule has 0 aromatic carbocycles. The molecule has 2 fully saturated rings. The molecule has 0 radical (unpaired) electrons. The predicted octanol–water partition coefficient (Wildman–Crippen LogP) is 1.43. The minimum absolute atomic E-state index is 0.0936. The average molecular weight is 210 g/mol. The molecule has 1 amide bonds. The van der Waals surface area contributed by atoms with Gasteiger partial charge in [0, 0.05) is 6.04 Å². The molecule has 3 nitrogen and oxygen atoms in total. The summed E-state index contributed by atoms with van der Waals surface area (Å²) >= 11 is 0. The topological polar surface area (TPSA) is 41.1 Å². The van der Waals surface area contributed by atoms with Crippen molar-refractivity contribution in [3.8, 4) is 0 Å². The molecule has 1 saturated carbocycles. The molecule has 1 aliphatic heterocycles. The highest BCUT2D eigenvalue weighted by molar-refractivity contribution is 5.82. The predicted molar refractivity (Wildman–Crippen MR) is 60.6 cm³/mol. The molecule has 1 saturated heterocycles. The summed E-state index contributed by atoms with van der Waals surface area (Å²) in [6, 6.07) is 0.455. The van der Waals surface area contributed by atoms with Gasteiger partial charge in [0.05, 0.1) is 6.04 Å². The van der Waals surface area contributed by atoms with Crippen molar-refractivity contribution in [2.24, 2.45) is 5.92 Å². The summed E-state index contributed by atoms with van der Waals surface area (Å²) in [7, 11) is 0. The van der Waals surface area contributed by atoms with Crippen LogP contribution >= 0.6 is 0 Å². The third-order valence-corrected chi connectivity index (χ3v) is 3.87. The molecular weight excluding hydrogens is 188 g/mol. The molecule has 1 heterocycles. The van der Waals surface area contributed by atoms with Gasteiger partial charge in [-0.3, -0.25) is 4.79 Å². The zero-order chi connectivity index (χ0) is 10.7. The maximum Gasteiger partial charge on any atom is 0.237 e. The number of nitrogens with one attached hydrogen (secondary N) is 2. The number of hydrogen-bond donors (Lipinski definition) is 2. The summed E-state index contributed by atoms with van der Waals surface area (Å²) in [5.41, 5.74) is 0. The van der Waals surface area contributed by atoms with Crippen LogP contribution in [0.2, 0.25) is 0 Å². The number of rotatable bonds is 3. The van der Waals surface area contributed by atoms with Gasteiger partial charge in [-0.25, -0.2) is 0 Å². The largest absolute Gasteiger partial charge is 0.352 e. The number of amides is 1. The lowest BCUT2D eigenvalue weighted by Gasteiger charge is -2.32. The van der Waals surface area contributed by atoms with Crippen LogP contribution in [-0.2, 0) is 4.79 Å². The van der Waals surface area contributed by atoms with Gasteiger partial charge >= 0.3 is 0 Å². The van der Waals surface area contributed by atoms with Crippen molar-refractivity contribution in [3.63, 3.8) is 0 Å². The van der Waals surface area contributed by atoms with Crippen LogP contribution in [0, 0.1) is 5.92 Å². The quantitative estimate of drug-likeness (QED) is 0.740. The van der Waals surface area contributed by atoms with E-state index < -0.39 is 0 Å². The van der Waals surface area contributed by atoms with Gasteiger partial charge in [-0.05, 0) is 38.6 Å². The Kier molecular flexibility index (Phi) is 3.62. The van der Waals surface area contributed by atoms with Gasteiger partial charge in [0.2, 0.25) is 5.91 Å². The summed E-state index contributed by atoms with van der Waals surface area (Å²) < 4.78 is 0. The van der Waals surface area contributed by atoms with Gasteiger partial charge in [-0.1, -0.05) is 19.3 Å². The van der Waals surface area contributed by atoms with E-state index in [-0.39, 0.29) is 11.9 Å². The SMILES string of the molecule is CC(NC(=O)[C@H]1CCN1)C1CCCCC1. The molecule has 2 N–H and O–H groups in total. The summed E-state index contributed by atoms with van der Waals surface area (Å²) in [6.07, 6.45) is 7.64. The van der Waals surface area contributed by atoms with Crippen molar-refractivity contribution in [2.45, 2.75) is 57.5 Å². The first-order valence-corrected chi connectivity index (χ1v) is 6.31. The van der Waals surface area contributed by atoms with E-state index in [1.165, 1.54) is 32.1 Å². The third-order valence-electron chi connectivity index (χ3n) is 3.87. The Balaban J connectivity index is 1.74. The van der Waals surface area contributed by atoms with Crippen molar-refractivity contribution in [2.75, 3.05) is 6.54 Å². The Labute approximate surface area is 92.0 Å². The molecule has 1 unspecified atom stereocenters. The molecular formula is C12H22N2O. The highest BCUT2D eigenvalue weighted by Gasteiger charge is 2.27. The zero-order valence-electron chi connectivity index (χ0n) is 9.59. The zero-order valence-corrected chi connectivity index (χ0v) is 9.59. The van der Waals surface area contributed by atoms with Crippen LogP contribution in [0.3, 0.4) is 0 Å². The van der Waals surface area contributed by atoms with Gasteiger partial charge in [0.15, 0.2) is 0 Å². The monoisotopic (exact) mass is 210 g/mol. The molecule has 2 aliphatic rings. The van der Waals surface area contributed by atoms with E-state index in [1.807, 2.05) is 0 Å². The van der Waals surface area contributed by atoms with Crippen LogP contribution in [-0.4, -0.2) is 24.5 Å². The van der Waals surface area contributed by atoms with E-state index in [2.05, 4.69) is 17.6 Å². The first kappa shape index (κ1) is 10.9. The van der Waals surface area contributed by atoms with Crippen LogP contribution in [0.4, 0.5) is 0 Å². The van der Waals surface area contributed by atoms with Crippen LogP contribution in [0.1, 0.15) is 45.4 Å². The molecule has 0 aromatic rings. The first-order chi connectivity index (χ1) is 7.27. The van der Waals surface area contributed by atoms with E-state index in [9.17, 15) is 4.79 Å². The Bertz CT molecular complexity index is 220.